The molecule has 32 heavy (non-hydrogen) atoms. The van der Waals surface area contributed by atoms with Crippen LogP contribution in [0, 0.1) is 0 Å². The van der Waals surface area contributed by atoms with E-state index in [1.54, 1.807) is 35.2 Å². The van der Waals surface area contributed by atoms with Crippen molar-refractivity contribution in [3.63, 3.8) is 0 Å². The van der Waals surface area contributed by atoms with Crippen molar-refractivity contribution in [2.24, 2.45) is 0 Å². The van der Waals surface area contributed by atoms with Gasteiger partial charge in [-0.15, -0.1) is 0 Å². The minimum absolute atomic E-state index is 0.00107. The van der Waals surface area contributed by atoms with E-state index in [9.17, 15) is 21.6 Å². The first kappa shape index (κ1) is 22.7. The van der Waals surface area contributed by atoms with Gasteiger partial charge in [-0.2, -0.15) is 0 Å². The highest BCUT2D eigenvalue weighted by atomic mass is 32.2. The molecule has 1 aliphatic rings. The van der Waals surface area contributed by atoms with Crippen LogP contribution in [0.15, 0.2) is 52.3 Å². The van der Waals surface area contributed by atoms with Gasteiger partial charge in [0, 0.05) is 38.7 Å². The second-order valence-corrected chi connectivity index (χ2v) is 12.9. The van der Waals surface area contributed by atoms with Crippen molar-refractivity contribution in [2.75, 3.05) is 43.6 Å². The molecular formula is C21H23N3O5S3. The number of nitrogens with zero attached hydrogens (tertiary/aromatic N) is 3. The molecule has 1 amide bonds. The maximum absolute atomic E-state index is 12.7. The molecule has 0 spiro atoms. The van der Waals surface area contributed by atoms with Crippen LogP contribution in [0.4, 0.5) is 5.13 Å². The van der Waals surface area contributed by atoms with Crippen LogP contribution in [-0.2, 0) is 30.9 Å². The lowest BCUT2D eigenvalue weighted by atomic mass is 10.1. The third-order valence-electron chi connectivity index (χ3n) is 5.39. The average molecular weight is 494 g/mol. The summed E-state index contributed by atoms with van der Waals surface area (Å²) in [6.45, 7) is 2.39. The van der Waals surface area contributed by atoms with E-state index in [4.69, 9.17) is 0 Å². The predicted molar refractivity (Wildman–Crippen MR) is 125 cm³/mol. The van der Waals surface area contributed by atoms with Crippen molar-refractivity contribution >= 4 is 52.3 Å². The number of carbonyl (C=O) groups is 1. The maximum atomic E-state index is 12.7. The summed E-state index contributed by atoms with van der Waals surface area (Å²) >= 11 is 1.45. The number of benzene rings is 2. The molecule has 0 bridgehead atoms. The molecule has 3 aromatic rings. The Morgan fingerprint density at radius 3 is 2.09 bits per heavy atom. The molecule has 11 heteroatoms. The van der Waals surface area contributed by atoms with E-state index >= 15 is 0 Å². The van der Waals surface area contributed by atoms with Crippen molar-refractivity contribution in [3.05, 3.63) is 48.0 Å². The fourth-order valence-electron chi connectivity index (χ4n) is 3.55. The Balaban J connectivity index is 1.39. The third kappa shape index (κ3) is 4.94. The van der Waals surface area contributed by atoms with Crippen molar-refractivity contribution in [2.45, 2.75) is 16.2 Å². The topological polar surface area (TPSA) is 105 Å². The second kappa shape index (κ2) is 8.45. The summed E-state index contributed by atoms with van der Waals surface area (Å²) in [5, 5.41) is 0.814. The van der Waals surface area contributed by atoms with E-state index in [2.05, 4.69) is 9.88 Å². The molecule has 170 valence electrons. The molecule has 1 saturated heterocycles. The first-order valence-corrected chi connectivity index (χ1v) is 14.5. The second-order valence-electron chi connectivity index (χ2n) is 7.86. The monoisotopic (exact) mass is 493 g/mol. The zero-order valence-electron chi connectivity index (χ0n) is 17.7. The quantitative estimate of drug-likeness (QED) is 0.535. The number of rotatable bonds is 5. The molecule has 2 aromatic carbocycles. The molecule has 1 aliphatic heterocycles. The maximum Gasteiger partial charge on any atom is 0.227 e. The summed E-state index contributed by atoms with van der Waals surface area (Å²) in [4.78, 5) is 21.7. The zero-order valence-corrected chi connectivity index (χ0v) is 20.1. The number of thiazole rings is 1. The van der Waals surface area contributed by atoms with Crippen molar-refractivity contribution < 1.29 is 21.6 Å². The largest absolute Gasteiger partial charge is 0.345 e. The number of carbonyl (C=O) groups excluding carboxylic acids is 1. The van der Waals surface area contributed by atoms with Gasteiger partial charge < -0.3 is 9.80 Å². The summed E-state index contributed by atoms with van der Waals surface area (Å²) in [7, 11) is -6.53. The lowest BCUT2D eigenvalue weighted by molar-refractivity contribution is -0.130. The van der Waals surface area contributed by atoms with Gasteiger partial charge in [0.1, 0.15) is 0 Å². The van der Waals surface area contributed by atoms with Crippen molar-refractivity contribution in [1.82, 2.24) is 9.88 Å². The number of anilines is 1. The predicted octanol–water partition coefficient (Wildman–Crippen LogP) is 1.99. The van der Waals surface area contributed by atoms with Crippen LogP contribution in [0.2, 0.25) is 0 Å². The molecule has 4 rings (SSSR count). The van der Waals surface area contributed by atoms with Crippen LogP contribution >= 0.6 is 11.3 Å². The Morgan fingerprint density at radius 1 is 0.906 bits per heavy atom. The molecule has 0 aliphatic carbocycles. The number of sulfone groups is 2. The normalized spacial score (nSPS) is 15.3. The Hall–Kier alpha value is -2.50. The number of hydrogen-bond donors (Lipinski definition) is 0. The highest BCUT2D eigenvalue weighted by Crippen LogP contribution is 2.31. The summed E-state index contributed by atoms with van der Waals surface area (Å²) in [5.74, 6) is -0.00107. The van der Waals surface area contributed by atoms with Gasteiger partial charge in [0.15, 0.2) is 24.8 Å². The molecule has 1 aromatic heterocycles. The molecule has 1 fully saturated rings. The summed E-state index contributed by atoms with van der Waals surface area (Å²) in [6, 6.07) is 11.4. The van der Waals surface area contributed by atoms with Gasteiger partial charge in [0.05, 0.1) is 26.4 Å². The Labute approximate surface area is 191 Å². The van der Waals surface area contributed by atoms with Gasteiger partial charge in [-0.05, 0) is 35.9 Å². The van der Waals surface area contributed by atoms with Crippen LogP contribution in [0.5, 0.6) is 0 Å². The lowest BCUT2D eigenvalue weighted by Crippen LogP contribution is -2.49. The smallest absolute Gasteiger partial charge is 0.227 e. The van der Waals surface area contributed by atoms with Crippen LogP contribution < -0.4 is 4.90 Å². The summed E-state index contributed by atoms with van der Waals surface area (Å²) in [6.07, 6.45) is 2.56. The molecule has 8 nitrogen and oxygen atoms in total. The van der Waals surface area contributed by atoms with Gasteiger partial charge in [0.25, 0.3) is 0 Å². The van der Waals surface area contributed by atoms with Gasteiger partial charge in [-0.25, -0.2) is 21.8 Å². The fraction of sp³-hybridized carbons (Fsp3) is 0.333. The van der Waals surface area contributed by atoms with Crippen molar-refractivity contribution in [1.29, 1.82) is 0 Å². The van der Waals surface area contributed by atoms with Gasteiger partial charge in [-0.1, -0.05) is 23.5 Å². The molecule has 0 N–H and O–H groups in total. The van der Waals surface area contributed by atoms with E-state index in [1.807, 2.05) is 0 Å². The number of aromatic nitrogens is 1. The molecule has 0 unspecified atom stereocenters. The minimum Gasteiger partial charge on any atom is -0.345 e. The minimum atomic E-state index is -3.27. The highest BCUT2D eigenvalue weighted by molar-refractivity contribution is 7.91. The third-order valence-corrected chi connectivity index (χ3v) is 8.70. The molecule has 0 radical (unpaired) electrons. The van der Waals surface area contributed by atoms with Crippen LogP contribution in [0.25, 0.3) is 10.2 Å². The van der Waals surface area contributed by atoms with E-state index < -0.39 is 19.7 Å². The fourth-order valence-corrected chi connectivity index (χ4v) is 5.96. The van der Waals surface area contributed by atoms with E-state index in [-0.39, 0.29) is 22.1 Å². The van der Waals surface area contributed by atoms with Gasteiger partial charge in [0.2, 0.25) is 5.91 Å². The highest BCUT2D eigenvalue weighted by Gasteiger charge is 2.23. The number of amides is 1. The lowest BCUT2D eigenvalue weighted by Gasteiger charge is -2.34. The average Bonchev–Trinajstić information content (AvgIpc) is 3.16. The Morgan fingerprint density at radius 2 is 1.50 bits per heavy atom. The number of piperazine rings is 1. The van der Waals surface area contributed by atoms with Gasteiger partial charge in [-0.3, -0.25) is 4.79 Å². The molecule has 0 atom stereocenters. The van der Waals surface area contributed by atoms with E-state index in [0.29, 0.717) is 26.2 Å². The molecular weight excluding hydrogens is 470 g/mol. The summed E-state index contributed by atoms with van der Waals surface area (Å²) in [5.41, 5.74) is 1.53. The molecule has 0 saturated carbocycles. The number of fused-ring (bicyclic) bond motifs is 1. The Kier molecular flexibility index (Phi) is 5.99. The first-order valence-electron chi connectivity index (χ1n) is 9.93. The number of hydrogen-bond acceptors (Lipinski definition) is 8. The van der Waals surface area contributed by atoms with Crippen LogP contribution in [0.3, 0.4) is 0 Å². The first-order chi connectivity index (χ1) is 15.0. The standard InChI is InChI=1S/C21H23N3O5S3/c1-31(26,27)16-5-3-15(4-6-16)13-20(25)23-9-11-24(12-10-23)21-22-18-8-7-17(32(2,28)29)14-19(18)30-21/h3-8,14H,9-13H2,1-2H3. The Bertz CT molecular complexity index is 1370. The summed E-state index contributed by atoms with van der Waals surface area (Å²) < 4.78 is 47.5. The van der Waals surface area contributed by atoms with E-state index in [0.717, 1.165) is 27.2 Å². The van der Waals surface area contributed by atoms with Crippen LogP contribution in [-0.4, -0.2) is 71.3 Å². The zero-order chi connectivity index (χ0) is 23.1. The van der Waals surface area contributed by atoms with E-state index in [1.165, 1.54) is 29.7 Å². The SMILES string of the molecule is CS(=O)(=O)c1ccc(CC(=O)N2CCN(c3nc4ccc(S(C)(=O)=O)cc4s3)CC2)cc1. The van der Waals surface area contributed by atoms with Crippen molar-refractivity contribution in [3.8, 4) is 0 Å². The van der Waals surface area contributed by atoms with Crippen LogP contribution in [0.1, 0.15) is 5.56 Å². The van der Waals surface area contributed by atoms with Gasteiger partial charge >= 0.3 is 0 Å². The molecule has 2 heterocycles.